The molecule has 0 fully saturated rings. The van der Waals surface area contributed by atoms with Crippen LogP contribution in [-0.4, -0.2) is 19.3 Å². The summed E-state index contributed by atoms with van der Waals surface area (Å²) >= 11 is 0. The molecule has 1 aromatic rings. The molecular weight excluding hydrogens is 222 g/mol. The smallest absolute Gasteiger partial charge is 0.0622 e. The second kappa shape index (κ2) is 6.91. The molecule has 0 aromatic heterocycles. The predicted molar refractivity (Wildman–Crippen MR) is 77.7 cm³/mol. The van der Waals surface area contributed by atoms with E-state index >= 15 is 0 Å². The van der Waals surface area contributed by atoms with Crippen molar-refractivity contribution in [2.75, 3.05) is 13.7 Å². The van der Waals surface area contributed by atoms with Gasteiger partial charge in [0.15, 0.2) is 0 Å². The maximum atomic E-state index is 5.90. The van der Waals surface area contributed by atoms with E-state index in [1.165, 1.54) is 11.1 Å². The van der Waals surface area contributed by atoms with Gasteiger partial charge in [-0.1, -0.05) is 24.3 Å². The topological polar surface area (TPSA) is 35.2 Å². The van der Waals surface area contributed by atoms with Crippen LogP contribution in [0.25, 0.3) is 0 Å². The third-order valence-corrected chi connectivity index (χ3v) is 3.81. The van der Waals surface area contributed by atoms with Crippen molar-refractivity contribution in [1.82, 2.24) is 0 Å². The third kappa shape index (κ3) is 4.79. The Morgan fingerprint density at radius 1 is 1.28 bits per heavy atom. The first-order valence-corrected chi connectivity index (χ1v) is 6.78. The molecule has 0 bridgehead atoms. The largest absolute Gasteiger partial charge is 0.379 e. The number of ether oxygens (including phenoxy) is 1. The fourth-order valence-corrected chi connectivity index (χ4v) is 2.11. The molecule has 0 amide bonds. The van der Waals surface area contributed by atoms with E-state index in [0.29, 0.717) is 5.92 Å². The zero-order valence-electron chi connectivity index (χ0n) is 12.2. The number of aryl methyl sites for hydroxylation is 1. The van der Waals surface area contributed by atoms with Gasteiger partial charge in [0, 0.05) is 7.11 Å². The zero-order valence-corrected chi connectivity index (χ0v) is 12.2. The highest BCUT2D eigenvalue weighted by Crippen LogP contribution is 2.22. The maximum Gasteiger partial charge on any atom is 0.0622 e. The average molecular weight is 249 g/mol. The Kier molecular flexibility index (Phi) is 5.83. The molecule has 0 saturated heterocycles. The molecule has 18 heavy (non-hydrogen) atoms. The molecule has 2 heteroatoms. The summed E-state index contributed by atoms with van der Waals surface area (Å²) in [5.74, 6) is 0.542. The van der Waals surface area contributed by atoms with E-state index in [4.69, 9.17) is 10.5 Å². The molecule has 0 heterocycles. The van der Waals surface area contributed by atoms with Gasteiger partial charge in [-0.15, -0.1) is 0 Å². The third-order valence-electron chi connectivity index (χ3n) is 3.81. The molecule has 0 aliphatic heterocycles. The van der Waals surface area contributed by atoms with Crippen molar-refractivity contribution in [3.05, 3.63) is 35.4 Å². The minimum Gasteiger partial charge on any atom is -0.379 e. The highest BCUT2D eigenvalue weighted by Gasteiger charge is 2.19. The molecule has 2 nitrogen and oxygen atoms in total. The van der Waals surface area contributed by atoms with Crippen molar-refractivity contribution in [3.63, 3.8) is 0 Å². The van der Waals surface area contributed by atoms with Crippen LogP contribution in [0, 0.1) is 12.8 Å². The minimum absolute atomic E-state index is 0.0425. The van der Waals surface area contributed by atoms with Crippen LogP contribution in [0.1, 0.15) is 37.8 Å². The Labute approximate surface area is 112 Å². The lowest BCUT2D eigenvalue weighted by Gasteiger charge is -2.25. The van der Waals surface area contributed by atoms with E-state index in [1.54, 1.807) is 7.11 Å². The van der Waals surface area contributed by atoms with Gasteiger partial charge in [-0.25, -0.2) is 0 Å². The summed E-state index contributed by atoms with van der Waals surface area (Å²) in [6, 6.07) is 8.57. The number of benzene rings is 1. The monoisotopic (exact) mass is 249 g/mol. The van der Waals surface area contributed by atoms with Gasteiger partial charge in [-0.2, -0.15) is 0 Å². The summed E-state index contributed by atoms with van der Waals surface area (Å²) in [5, 5.41) is 0. The number of hydrogen-bond donors (Lipinski definition) is 1. The van der Waals surface area contributed by atoms with Gasteiger partial charge in [-0.05, 0) is 63.6 Å². The van der Waals surface area contributed by atoms with Gasteiger partial charge >= 0.3 is 0 Å². The number of rotatable bonds is 7. The summed E-state index contributed by atoms with van der Waals surface area (Å²) in [4.78, 5) is 0. The number of hydrogen-bond acceptors (Lipinski definition) is 2. The molecule has 102 valence electrons. The quantitative estimate of drug-likeness (QED) is 0.804. The van der Waals surface area contributed by atoms with E-state index in [2.05, 4.69) is 45.0 Å². The second-order valence-electron chi connectivity index (χ2n) is 5.73. The van der Waals surface area contributed by atoms with E-state index in [9.17, 15) is 0 Å². The summed E-state index contributed by atoms with van der Waals surface area (Å²) in [7, 11) is 1.78. The van der Waals surface area contributed by atoms with Crippen LogP contribution in [0.4, 0.5) is 0 Å². The number of methoxy groups -OCH3 is 1. The van der Waals surface area contributed by atoms with Gasteiger partial charge in [0.1, 0.15) is 0 Å². The lowest BCUT2D eigenvalue weighted by molar-refractivity contribution is 0.0106. The van der Waals surface area contributed by atoms with E-state index in [0.717, 1.165) is 25.8 Å². The van der Waals surface area contributed by atoms with Crippen LogP contribution in [0.5, 0.6) is 0 Å². The predicted octanol–water partition coefficient (Wildman–Crippen LogP) is 3.32. The molecule has 1 aromatic carbocycles. The van der Waals surface area contributed by atoms with Crippen molar-refractivity contribution in [2.24, 2.45) is 11.7 Å². The Bertz CT molecular complexity index is 360. The normalized spacial score (nSPS) is 13.6. The molecule has 0 spiro atoms. The highest BCUT2D eigenvalue weighted by atomic mass is 16.5. The van der Waals surface area contributed by atoms with Crippen molar-refractivity contribution >= 4 is 0 Å². The lowest BCUT2D eigenvalue weighted by Crippen LogP contribution is -2.26. The van der Waals surface area contributed by atoms with Gasteiger partial charge in [-0.3, -0.25) is 0 Å². The first-order valence-electron chi connectivity index (χ1n) is 6.78. The van der Waals surface area contributed by atoms with Crippen LogP contribution < -0.4 is 5.73 Å². The first kappa shape index (κ1) is 15.2. The second-order valence-corrected chi connectivity index (χ2v) is 5.73. The molecule has 0 saturated carbocycles. The van der Waals surface area contributed by atoms with Gasteiger partial charge in [0.05, 0.1) is 5.60 Å². The summed E-state index contributed by atoms with van der Waals surface area (Å²) < 4.78 is 5.47. The molecule has 2 N–H and O–H groups in total. The van der Waals surface area contributed by atoms with Crippen LogP contribution in [0.15, 0.2) is 24.3 Å². The van der Waals surface area contributed by atoms with E-state index in [1.807, 2.05) is 0 Å². The Morgan fingerprint density at radius 3 is 2.50 bits per heavy atom. The maximum absolute atomic E-state index is 5.90. The minimum atomic E-state index is -0.0425. The molecule has 1 atom stereocenters. The summed E-state index contributed by atoms with van der Waals surface area (Å²) in [5.41, 5.74) is 8.64. The highest BCUT2D eigenvalue weighted by molar-refractivity contribution is 5.25. The molecule has 1 unspecified atom stereocenters. The van der Waals surface area contributed by atoms with Crippen molar-refractivity contribution in [1.29, 1.82) is 0 Å². The SMILES string of the molecule is COC(C)(C)CCC(CN)Cc1ccccc1C. The van der Waals surface area contributed by atoms with Gasteiger partial charge in [0.25, 0.3) is 0 Å². The Hall–Kier alpha value is -0.860. The molecule has 1 rings (SSSR count). The molecule has 0 aliphatic rings. The molecular formula is C16H27NO. The molecule has 0 aliphatic carbocycles. The Balaban J connectivity index is 2.55. The van der Waals surface area contributed by atoms with Crippen LogP contribution in [0.2, 0.25) is 0 Å². The first-order chi connectivity index (χ1) is 8.48. The summed E-state index contributed by atoms with van der Waals surface area (Å²) in [6.45, 7) is 7.18. The standard InChI is InChI=1S/C16H27NO/c1-13-7-5-6-8-15(13)11-14(12-17)9-10-16(2,3)18-4/h5-8,14H,9-12,17H2,1-4H3. The Morgan fingerprint density at radius 2 is 1.94 bits per heavy atom. The number of nitrogens with two attached hydrogens (primary N) is 1. The van der Waals surface area contributed by atoms with E-state index in [-0.39, 0.29) is 5.60 Å². The summed E-state index contributed by atoms with van der Waals surface area (Å²) in [6.07, 6.45) is 3.24. The van der Waals surface area contributed by atoms with Crippen LogP contribution in [0.3, 0.4) is 0 Å². The van der Waals surface area contributed by atoms with Gasteiger partial charge < -0.3 is 10.5 Å². The fraction of sp³-hybridized carbons (Fsp3) is 0.625. The lowest BCUT2D eigenvalue weighted by atomic mass is 9.89. The van der Waals surface area contributed by atoms with Crippen molar-refractivity contribution < 1.29 is 4.74 Å². The van der Waals surface area contributed by atoms with Crippen LogP contribution >= 0.6 is 0 Å². The van der Waals surface area contributed by atoms with Crippen molar-refractivity contribution in [2.45, 2.75) is 45.6 Å². The zero-order chi connectivity index (χ0) is 13.6. The fourth-order valence-electron chi connectivity index (χ4n) is 2.11. The molecule has 0 radical (unpaired) electrons. The van der Waals surface area contributed by atoms with Crippen LogP contribution in [-0.2, 0) is 11.2 Å². The average Bonchev–Trinajstić information content (AvgIpc) is 2.36. The van der Waals surface area contributed by atoms with Crippen molar-refractivity contribution in [3.8, 4) is 0 Å². The van der Waals surface area contributed by atoms with E-state index < -0.39 is 0 Å². The van der Waals surface area contributed by atoms with Gasteiger partial charge in [0.2, 0.25) is 0 Å².